The van der Waals surface area contributed by atoms with Crippen molar-refractivity contribution in [3.05, 3.63) is 51.2 Å². The summed E-state index contributed by atoms with van der Waals surface area (Å²) >= 11 is 0. The van der Waals surface area contributed by atoms with Gasteiger partial charge in [-0.1, -0.05) is 58.9 Å². The van der Waals surface area contributed by atoms with Gasteiger partial charge in [0.1, 0.15) is 5.69 Å². The molecule has 0 aliphatic heterocycles. The van der Waals surface area contributed by atoms with Crippen LogP contribution < -0.4 is 0 Å². The first-order valence-electron chi connectivity index (χ1n) is 7.79. The fourth-order valence-electron chi connectivity index (χ4n) is 3.06. The van der Waals surface area contributed by atoms with Crippen molar-refractivity contribution in [2.24, 2.45) is 0 Å². The van der Waals surface area contributed by atoms with E-state index in [0.717, 1.165) is 35.2 Å². The summed E-state index contributed by atoms with van der Waals surface area (Å²) in [6.45, 7) is 10.2. The van der Waals surface area contributed by atoms with Gasteiger partial charge in [-0.15, -0.1) is 0 Å². The Morgan fingerprint density at radius 1 is 1.14 bits per heavy atom. The fraction of sp³-hybridized carbons (Fsp3) is 0.444. The normalized spacial score (nSPS) is 11.7. The highest BCUT2D eigenvalue weighted by Crippen LogP contribution is 2.42. The van der Waals surface area contributed by atoms with Gasteiger partial charge in [-0.05, 0) is 23.8 Å². The van der Waals surface area contributed by atoms with Gasteiger partial charge >= 0.3 is 0 Å². The Kier molecular flexibility index (Phi) is 4.40. The second-order valence-electron chi connectivity index (χ2n) is 6.57. The summed E-state index contributed by atoms with van der Waals surface area (Å²) in [7, 11) is 0. The lowest BCUT2D eigenvalue weighted by Gasteiger charge is -2.18. The Morgan fingerprint density at radius 3 is 2.27 bits per heavy atom. The number of hydrogen-bond donors (Lipinski definition) is 1. The quantitative estimate of drug-likeness (QED) is 0.637. The van der Waals surface area contributed by atoms with Crippen LogP contribution in [0.15, 0.2) is 24.3 Å². The van der Waals surface area contributed by atoms with Crippen molar-refractivity contribution in [1.29, 1.82) is 0 Å². The van der Waals surface area contributed by atoms with Gasteiger partial charge in [-0.3, -0.25) is 10.1 Å². The molecule has 1 N–H and O–H groups in total. The molecule has 118 valence electrons. The van der Waals surface area contributed by atoms with Gasteiger partial charge in [0.15, 0.2) is 0 Å². The second-order valence-corrected chi connectivity index (χ2v) is 6.57. The van der Waals surface area contributed by atoms with E-state index in [-0.39, 0.29) is 16.0 Å². The number of aromatic nitrogens is 1. The van der Waals surface area contributed by atoms with E-state index >= 15 is 0 Å². The largest absolute Gasteiger partial charge is 0.352 e. The van der Waals surface area contributed by atoms with Crippen LogP contribution in [0.5, 0.6) is 0 Å². The van der Waals surface area contributed by atoms with E-state index in [9.17, 15) is 10.1 Å². The molecule has 22 heavy (non-hydrogen) atoms. The zero-order valence-corrected chi connectivity index (χ0v) is 14.0. The molecule has 0 radical (unpaired) electrons. The first-order valence-corrected chi connectivity index (χ1v) is 7.79. The molecule has 0 aliphatic rings. The minimum Gasteiger partial charge on any atom is -0.352 e. The molecule has 2 rings (SSSR count). The predicted octanol–water partition coefficient (Wildman–Crippen LogP) is 5.01. The molecule has 0 saturated heterocycles. The van der Waals surface area contributed by atoms with E-state index in [2.05, 4.69) is 11.9 Å². The topological polar surface area (TPSA) is 58.9 Å². The molecule has 1 heterocycles. The van der Waals surface area contributed by atoms with Crippen molar-refractivity contribution < 1.29 is 4.92 Å². The lowest BCUT2D eigenvalue weighted by molar-refractivity contribution is -0.385. The average molecular weight is 300 g/mol. The second kappa shape index (κ2) is 5.95. The van der Waals surface area contributed by atoms with Gasteiger partial charge in [0.2, 0.25) is 0 Å². The van der Waals surface area contributed by atoms with Crippen molar-refractivity contribution in [3.8, 4) is 11.3 Å². The molecule has 1 aromatic carbocycles. The molecule has 0 atom stereocenters. The highest BCUT2D eigenvalue weighted by molar-refractivity contribution is 5.77. The number of nitrogens with one attached hydrogen (secondary N) is 1. The van der Waals surface area contributed by atoms with Crippen LogP contribution in [0.1, 0.15) is 51.4 Å². The molecule has 0 bridgehead atoms. The van der Waals surface area contributed by atoms with Gasteiger partial charge in [0, 0.05) is 11.3 Å². The maximum Gasteiger partial charge on any atom is 0.298 e. The first-order chi connectivity index (χ1) is 10.3. The summed E-state index contributed by atoms with van der Waals surface area (Å²) in [4.78, 5) is 14.9. The number of H-pyrrole nitrogens is 1. The smallest absolute Gasteiger partial charge is 0.298 e. The number of aryl methyl sites for hydroxylation is 2. The molecule has 2 aromatic rings. The number of hydrogen-bond acceptors (Lipinski definition) is 2. The third kappa shape index (κ3) is 2.78. The maximum atomic E-state index is 11.8. The van der Waals surface area contributed by atoms with Crippen molar-refractivity contribution in [3.63, 3.8) is 0 Å². The van der Waals surface area contributed by atoms with E-state index in [1.807, 2.05) is 52.0 Å². The molecule has 0 unspecified atom stereocenters. The van der Waals surface area contributed by atoms with Crippen LogP contribution in [0.4, 0.5) is 5.69 Å². The Morgan fingerprint density at radius 2 is 1.77 bits per heavy atom. The first kappa shape index (κ1) is 16.3. The Balaban J connectivity index is 2.83. The van der Waals surface area contributed by atoms with Crippen LogP contribution >= 0.6 is 0 Å². The number of nitro groups is 1. The van der Waals surface area contributed by atoms with Gasteiger partial charge in [-0.2, -0.15) is 0 Å². The fourth-order valence-corrected chi connectivity index (χ4v) is 3.06. The monoisotopic (exact) mass is 300 g/mol. The van der Waals surface area contributed by atoms with Crippen molar-refractivity contribution >= 4 is 5.69 Å². The Labute approximate surface area is 131 Å². The van der Waals surface area contributed by atoms with Crippen LogP contribution in [-0.4, -0.2) is 9.91 Å². The van der Waals surface area contributed by atoms with Gasteiger partial charge in [0.05, 0.1) is 10.5 Å². The molecular formula is C18H24N2O2. The SMILES string of the molecule is CCc1ccccc1-c1[nH]c(CC)c(C(C)(C)C)c1[N+](=O)[O-]. The van der Waals surface area contributed by atoms with Gasteiger partial charge in [0.25, 0.3) is 5.69 Å². The molecule has 4 heteroatoms. The van der Waals surface area contributed by atoms with E-state index in [4.69, 9.17) is 0 Å². The highest BCUT2D eigenvalue weighted by Gasteiger charge is 2.34. The molecule has 0 fully saturated rings. The molecular weight excluding hydrogens is 276 g/mol. The molecule has 1 aromatic heterocycles. The van der Waals surface area contributed by atoms with Crippen LogP contribution in [0.25, 0.3) is 11.3 Å². The third-order valence-corrected chi connectivity index (χ3v) is 4.01. The summed E-state index contributed by atoms with van der Waals surface area (Å²) in [6.07, 6.45) is 1.60. The summed E-state index contributed by atoms with van der Waals surface area (Å²) in [5.41, 5.74) is 4.43. The molecule has 0 spiro atoms. The Hall–Kier alpha value is -2.10. The molecule has 4 nitrogen and oxygen atoms in total. The van der Waals surface area contributed by atoms with Crippen LogP contribution in [0.3, 0.4) is 0 Å². The molecule has 0 amide bonds. The Bertz CT molecular complexity index is 694. The van der Waals surface area contributed by atoms with Gasteiger partial charge < -0.3 is 4.98 Å². The van der Waals surface area contributed by atoms with Crippen molar-refractivity contribution in [2.45, 2.75) is 52.9 Å². The van der Waals surface area contributed by atoms with Gasteiger partial charge in [-0.25, -0.2) is 0 Å². The van der Waals surface area contributed by atoms with E-state index in [1.165, 1.54) is 0 Å². The van der Waals surface area contributed by atoms with Crippen molar-refractivity contribution in [1.82, 2.24) is 4.98 Å². The average Bonchev–Trinajstić information content (AvgIpc) is 2.86. The van der Waals surface area contributed by atoms with Crippen LogP contribution in [0.2, 0.25) is 0 Å². The standard InChI is InChI=1S/C18H24N2O2/c1-6-12-10-8-9-11-13(12)16-17(20(21)22)15(18(3,4)5)14(7-2)19-16/h8-11,19H,6-7H2,1-5H3. The van der Waals surface area contributed by atoms with Crippen LogP contribution in [0, 0.1) is 10.1 Å². The zero-order chi connectivity index (χ0) is 16.5. The minimum atomic E-state index is -0.274. The van der Waals surface area contributed by atoms with E-state index in [1.54, 1.807) is 0 Å². The number of benzene rings is 1. The van der Waals surface area contributed by atoms with Crippen LogP contribution in [-0.2, 0) is 18.3 Å². The molecule has 0 saturated carbocycles. The van der Waals surface area contributed by atoms with E-state index in [0.29, 0.717) is 5.69 Å². The van der Waals surface area contributed by atoms with Crippen molar-refractivity contribution in [2.75, 3.05) is 0 Å². The lowest BCUT2D eigenvalue weighted by atomic mass is 9.84. The lowest BCUT2D eigenvalue weighted by Crippen LogP contribution is -2.14. The summed E-state index contributed by atoms with van der Waals surface area (Å²) in [5, 5.41) is 11.8. The number of aromatic amines is 1. The summed E-state index contributed by atoms with van der Waals surface area (Å²) in [5.74, 6) is 0. The highest BCUT2D eigenvalue weighted by atomic mass is 16.6. The zero-order valence-electron chi connectivity index (χ0n) is 14.0. The maximum absolute atomic E-state index is 11.8. The molecule has 0 aliphatic carbocycles. The summed E-state index contributed by atoms with van der Waals surface area (Å²) in [6, 6.07) is 7.90. The predicted molar refractivity (Wildman–Crippen MR) is 90.3 cm³/mol. The van der Waals surface area contributed by atoms with E-state index < -0.39 is 0 Å². The number of rotatable bonds is 4. The number of nitrogens with zero attached hydrogens (tertiary/aromatic N) is 1. The minimum absolute atomic E-state index is 0.227. The summed E-state index contributed by atoms with van der Waals surface area (Å²) < 4.78 is 0. The third-order valence-electron chi connectivity index (χ3n) is 4.01.